The number of fused-ring (bicyclic) bond motifs is 3. The number of ketones is 1. The van der Waals surface area contributed by atoms with Crippen LogP contribution in [0.3, 0.4) is 0 Å². The van der Waals surface area contributed by atoms with E-state index in [1.165, 1.54) is 16.7 Å². The van der Waals surface area contributed by atoms with Crippen molar-refractivity contribution in [1.82, 2.24) is 0 Å². The number of allylic oxidation sites excluding steroid dienone is 1. The standard InChI is InChI=1S/C24H19BrO3/c1-2-28-23-12-15(11-21(25)24(23)27)7-10-22(26)18-9-8-17-13-16-5-3-4-6-19(16)20(17)14-18/h3-12,14,27H,2,13H2,1H3/b10-7+. The Labute approximate surface area is 172 Å². The van der Waals surface area contributed by atoms with Crippen molar-refractivity contribution in [3.63, 3.8) is 0 Å². The highest BCUT2D eigenvalue weighted by molar-refractivity contribution is 9.10. The van der Waals surface area contributed by atoms with Crippen LogP contribution in [0.5, 0.6) is 11.5 Å². The predicted octanol–water partition coefficient (Wildman–Crippen LogP) is 6.02. The van der Waals surface area contributed by atoms with Gasteiger partial charge in [-0.1, -0.05) is 42.5 Å². The number of rotatable bonds is 5. The zero-order valence-electron chi connectivity index (χ0n) is 15.4. The van der Waals surface area contributed by atoms with E-state index in [0.717, 1.165) is 17.5 Å². The van der Waals surface area contributed by atoms with E-state index in [9.17, 15) is 9.90 Å². The molecule has 4 heteroatoms. The zero-order chi connectivity index (χ0) is 19.7. The molecule has 4 rings (SSSR count). The van der Waals surface area contributed by atoms with E-state index < -0.39 is 0 Å². The van der Waals surface area contributed by atoms with Gasteiger partial charge in [0.1, 0.15) is 0 Å². The molecule has 3 aromatic carbocycles. The fraction of sp³-hybridized carbons (Fsp3) is 0.125. The van der Waals surface area contributed by atoms with Crippen LogP contribution in [0, 0.1) is 0 Å². The van der Waals surface area contributed by atoms with E-state index in [0.29, 0.717) is 22.4 Å². The van der Waals surface area contributed by atoms with Crippen molar-refractivity contribution in [3.05, 3.63) is 87.4 Å². The van der Waals surface area contributed by atoms with Crippen LogP contribution in [0.25, 0.3) is 17.2 Å². The second-order valence-electron chi connectivity index (χ2n) is 6.69. The molecule has 140 valence electrons. The fourth-order valence-electron chi connectivity index (χ4n) is 3.50. The average Bonchev–Trinajstić information content (AvgIpc) is 3.07. The maximum Gasteiger partial charge on any atom is 0.185 e. The highest BCUT2D eigenvalue weighted by atomic mass is 79.9. The van der Waals surface area contributed by atoms with E-state index in [1.54, 1.807) is 24.3 Å². The van der Waals surface area contributed by atoms with Gasteiger partial charge in [0, 0.05) is 5.56 Å². The minimum atomic E-state index is -0.0608. The Morgan fingerprint density at radius 1 is 1.11 bits per heavy atom. The van der Waals surface area contributed by atoms with Crippen molar-refractivity contribution < 1.29 is 14.6 Å². The monoisotopic (exact) mass is 434 g/mol. The first-order valence-corrected chi connectivity index (χ1v) is 9.95. The maximum atomic E-state index is 12.7. The number of phenols is 1. The van der Waals surface area contributed by atoms with E-state index >= 15 is 0 Å². The molecule has 0 saturated carbocycles. The summed E-state index contributed by atoms with van der Waals surface area (Å²) in [5.74, 6) is 0.384. The summed E-state index contributed by atoms with van der Waals surface area (Å²) < 4.78 is 5.96. The lowest BCUT2D eigenvalue weighted by molar-refractivity contribution is 0.104. The first kappa shape index (κ1) is 18.5. The van der Waals surface area contributed by atoms with Gasteiger partial charge in [-0.05, 0) is 81.4 Å². The van der Waals surface area contributed by atoms with Crippen LogP contribution in [-0.2, 0) is 6.42 Å². The number of carbonyl (C=O) groups excluding carboxylic acids is 1. The molecule has 0 aliphatic heterocycles. The predicted molar refractivity (Wildman–Crippen MR) is 115 cm³/mol. The van der Waals surface area contributed by atoms with Gasteiger partial charge in [-0.25, -0.2) is 0 Å². The Morgan fingerprint density at radius 3 is 2.71 bits per heavy atom. The quantitative estimate of drug-likeness (QED) is 0.308. The summed E-state index contributed by atoms with van der Waals surface area (Å²) in [4.78, 5) is 12.7. The van der Waals surface area contributed by atoms with Gasteiger partial charge in [0.15, 0.2) is 17.3 Å². The lowest BCUT2D eigenvalue weighted by atomic mass is 10.0. The van der Waals surface area contributed by atoms with Gasteiger partial charge in [-0.3, -0.25) is 4.79 Å². The van der Waals surface area contributed by atoms with Crippen molar-refractivity contribution in [1.29, 1.82) is 0 Å². The number of phenolic OH excluding ortho intramolecular Hbond substituents is 1. The molecule has 0 unspecified atom stereocenters. The summed E-state index contributed by atoms with van der Waals surface area (Å²) >= 11 is 3.32. The topological polar surface area (TPSA) is 46.5 Å². The third-order valence-electron chi connectivity index (χ3n) is 4.86. The van der Waals surface area contributed by atoms with Gasteiger partial charge in [0.2, 0.25) is 0 Å². The summed E-state index contributed by atoms with van der Waals surface area (Å²) in [6.07, 6.45) is 4.20. The summed E-state index contributed by atoms with van der Waals surface area (Å²) in [6, 6.07) is 17.7. The zero-order valence-corrected chi connectivity index (χ0v) is 17.0. The van der Waals surface area contributed by atoms with Gasteiger partial charge >= 0.3 is 0 Å². The van der Waals surface area contributed by atoms with Crippen molar-refractivity contribution in [2.24, 2.45) is 0 Å². The SMILES string of the molecule is CCOc1cc(/C=C/C(=O)c2ccc3c(c2)-c2ccccc2C3)cc(Br)c1O. The summed E-state index contributed by atoms with van der Waals surface area (Å²) in [7, 11) is 0. The summed E-state index contributed by atoms with van der Waals surface area (Å²) in [5, 5.41) is 10.0. The largest absolute Gasteiger partial charge is 0.503 e. The number of halogens is 1. The van der Waals surface area contributed by atoms with E-state index in [-0.39, 0.29) is 11.5 Å². The molecule has 0 atom stereocenters. The van der Waals surface area contributed by atoms with Crippen molar-refractivity contribution in [2.45, 2.75) is 13.3 Å². The third-order valence-corrected chi connectivity index (χ3v) is 5.47. The second-order valence-corrected chi connectivity index (χ2v) is 7.54. The maximum absolute atomic E-state index is 12.7. The molecule has 0 aromatic heterocycles. The van der Waals surface area contributed by atoms with Gasteiger partial charge < -0.3 is 9.84 Å². The van der Waals surface area contributed by atoms with E-state index in [1.807, 2.05) is 37.3 Å². The van der Waals surface area contributed by atoms with Gasteiger partial charge in [-0.2, -0.15) is 0 Å². The van der Waals surface area contributed by atoms with E-state index in [2.05, 4.69) is 28.1 Å². The number of aromatic hydroxyl groups is 1. The molecule has 28 heavy (non-hydrogen) atoms. The van der Waals surface area contributed by atoms with Crippen molar-refractivity contribution in [3.8, 4) is 22.6 Å². The van der Waals surface area contributed by atoms with E-state index in [4.69, 9.17) is 4.74 Å². The molecule has 3 nitrogen and oxygen atoms in total. The van der Waals surface area contributed by atoms with Crippen LogP contribution in [0.1, 0.15) is 34.0 Å². The van der Waals surface area contributed by atoms with Crippen LogP contribution in [0.2, 0.25) is 0 Å². The Kier molecular flexibility index (Phi) is 5.05. The van der Waals surface area contributed by atoms with Gasteiger partial charge in [0.05, 0.1) is 11.1 Å². The molecular weight excluding hydrogens is 416 g/mol. The number of hydrogen-bond acceptors (Lipinski definition) is 3. The summed E-state index contributed by atoms with van der Waals surface area (Å²) in [6.45, 7) is 2.30. The first-order chi connectivity index (χ1) is 13.6. The lowest BCUT2D eigenvalue weighted by Gasteiger charge is -2.08. The molecule has 0 heterocycles. The van der Waals surface area contributed by atoms with Crippen molar-refractivity contribution in [2.75, 3.05) is 6.61 Å². The molecule has 0 radical (unpaired) electrons. The average molecular weight is 435 g/mol. The van der Waals surface area contributed by atoms with Gasteiger partial charge in [-0.15, -0.1) is 0 Å². The molecule has 3 aromatic rings. The Bertz CT molecular complexity index is 1100. The summed E-state index contributed by atoms with van der Waals surface area (Å²) in [5.41, 5.74) is 6.34. The highest BCUT2D eigenvalue weighted by Gasteiger charge is 2.19. The molecule has 0 fully saturated rings. The Balaban J connectivity index is 1.60. The van der Waals surface area contributed by atoms with Gasteiger partial charge in [0.25, 0.3) is 0 Å². The molecular formula is C24H19BrO3. The second kappa shape index (κ2) is 7.64. The van der Waals surface area contributed by atoms with Crippen LogP contribution in [0.15, 0.2) is 65.1 Å². The fourth-order valence-corrected chi connectivity index (χ4v) is 3.96. The highest BCUT2D eigenvalue weighted by Crippen LogP contribution is 2.37. The number of benzene rings is 3. The van der Waals surface area contributed by atoms with Crippen LogP contribution in [0.4, 0.5) is 0 Å². The number of carbonyl (C=O) groups is 1. The van der Waals surface area contributed by atoms with Crippen LogP contribution >= 0.6 is 15.9 Å². The molecule has 0 amide bonds. The number of hydrogen-bond donors (Lipinski definition) is 1. The lowest BCUT2D eigenvalue weighted by Crippen LogP contribution is -1.96. The van der Waals surface area contributed by atoms with Crippen LogP contribution in [-0.4, -0.2) is 17.5 Å². The number of ether oxygens (including phenoxy) is 1. The van der Waals surface area contributed by atoms with Crippen molar-refractivity contribution >= 4 is 27.8 Å². The Hall–Kier alpha value is -2.85. The van der Waals surface area contributed by atoms with Crippen LogP contribution < -0.4 is 4.74 Å². The Morgan fingerprint density at radius 2 is 1.89 bits per heavy atom. The minimum absolute atomic E-state index is 0.0580. The molecule has 0 saturated heterocycles. The molecule has 0 bridgehead atoms. The molecule has 1 N–H and O–H groups in total. The normalized spacial score (nSPS) is 12.1. The molecule has 1 aliphatic rings. The smallest absolute Gasteiger partial charge is 0.185 e. The first-order valence-electron chi connectivity index (χ1n) is 9.15. The third kappa shape index (κ3) is 3.48. The minimum Gasteiger partial charge on any atom is -0.503 e. The molecule has 1 aliphatic carbocycles. The molecule has 0 spiro atoms.